The summed E-state index contributed by atoms with van der Waals surface area (Å²) < 4.78 is 5.25. The van der Waals surface area contributed by atoms with E-state index >= 15 is 0 Å². The van der Waals surface area contributed by atoms with Crippen molar-refractivity contribution >= 4 is 17.3 Å². The van der Waals surface area contributed by atoms with Crippen LogP contribution >= 0.6 is 0 Å². The van der Waals surface area contributed by atoms with Crippen molar-refractivity contribution in [2.24, 2.45) is 5.41 Å². The average Bonchev–Trinajstić information content (AvgIpc) is 2.41. The lowest BCUT2D eigenvalue weighted by Crippen LogP contribution is -2.35. The minimum atomic E-state index is -0.259. The third-order valence-corrected chi connectivity index (χ3v) is 3.98. The van der Waals surface area contributed by atoms with Gasteiger partial charge in [-0.3, -0.25) is 4.79 Å². The normalized spacial score (nSPS) is 17.8. The lowest BCUT2D eigenvalue weighted by atomic mass is 9.75. The number of anilines is 2. The number of rotatable bonds is 3. The van der Waals surface area contributed by atoms with Crippen LogP contribution in [0.5, 0.6) is 5.75 Å². The number of hydrogen-bond donors (Lipinski definition) is 2. The van der Waals surface area contributed by atoms with Crippen LogP contribution in [0, 0.1) is 5.41 Å². The molecule has 1 aliphatic carbocycles. The maximum atomic E-state index is 12.4. The molecule has 19 heavy (non-hydrogen) atoms. The molecule has 1 saturated carbocycles. The number of amides is 1. The average molecular weight is 262 g/mol. The van der Waals surface area contributed by atoms with Crippen molar-refractivity contribution in [1.82, 2.24) is 0 Å². The topological polar surface area (TPSA) is 64.3 Å². The maximum absolute atomic E-state index is 12.4. The van der Waals surface area contributed by atoms with Crippen molar-refractivity contribution in [2.45, 2.75) is 39.0 Å². The Hall–Kier alpha value is -1.71. The lowest BCUT2D eigenvalue weighted by molar-refractivity contribution is -0.126. The maximum Gasteiger partial charge on any atom is 0.230 e. The van der Waals surface area contributed by atoms with Crippen molar-refractivity contribution in [1.29, 1.82) is 0 Å². The van der Waals surface area contributed by atoms with Gasteiger partial charge in [0.15, 0.2) is 0 Å². The Kier molecular flexibility index (Phi) is 3.98. The van der Waals surface area contributed by atoms with Crippen molar-refractivity contribution in [3.05, 3.63) is 18.2 Å². The molecule has 0 unspecified atom stereocenters. The van der Waals surface area contributed by atoms with Crippen molar-refractivity contribution in [3.63, 3.8) is 0 Å². The Morgan fingerprint density at radius 3 is 2.63 bits per heavy atom. The van der Waals surface area contributed by atoms with Gasteiger partial charge in [-0.05, 0) is 25.0 Å². The van der Waals surface area contributed by atoms with Gasteiger partial charge in [0.1, 0.15) is 5.75 Å². The highest BCUT2D eigenvalue weighted by atomic mass is 16.5. The molecule has 0 spiro atoms. The Balaban J connectivity index is 2.14. The highest BCUT2D eigenvalue weighted by Gasteiger charge is 2.34. The molecule has 1 amide bonds. The molecule has 0 bridgehead atoms. The van der Waals surface area contributed by atoms with Gasteiger partial charge in [-0.25, -0.2) is 0 Å². The summed E-state index contributed by atoms with van der Waals surface area (Å²) in [6.45, 7) is 2.05. The Bertz CT molecular complexity index is 465. The summed E-state index contributed by atoms with van der Waals surface area (Å²) >= 11 is 0. The summed E-state index contributed by atoms with van der Waals surface area (Å²) in [4.78, 5) is 12.4. The predicted octanol–water partition coefficient (Wildman–Crippen LogP) is 3.19. The van der Waals surface area contributed by atoms with Gasteiger partial charge in [-0.2, -0.15) is 0 Å². The molecule has 1 aliphatic rings. The Morgan fingerprint density at radius 1 is 1.32 bits per heavy atom. The van der Waals surface area contributed by atoms with Crippen molar-refractivity contribution in [3.8, 4) is 5.75 Å². The summed E-state index contributed by atoms with van der Waals surface area (Å²) in [5.74, 6) is 0.683. The highest BCUT2D eigenvalue weighted by Crippen LogP contribution is 2.37. The second-order valence-electron chi connectivity index (χ2n) is 5.54. The van der Waals surface area contributed by atoms with Gasteiger partial charge >= 0.3 is 0 Å². The quantitative estimate of drug-likeness (QED) is 0.822. The van der Waals surface area contributed by atoms with Gasteiger partial charge < -0.3 is 15.8 Å². The van der Waals surface area contributed by atoms with E-state index in [9.17, 15) is 4.79 Å². The van der Waals surface area contributed by atoms with E-state index in [1.165, 1.54) is 6.42 Å². The van der Waals surface area contributed by atoms with Crippen LogP contribution in [0.3, 0.4) is 0 Å². The number of ether oxygens (including phenoxy) is 1. The first-order valence-electron chi connectivity index (χ1n) is 6.80. The minimum Gasteiger partial charge on any atom is -0.494 e. The number of carbonyl (C=O) groups excluding carboxylic acids is 1. The van der Waals surface area contributed by atoms with Crippen LogP contribution in [0.15, 0.2) is 18.2 Å². The third kappa shape index (κ3) is 3.00. The van der Waals surface area contributed by atoms with E-state index in [4.69, 9.17) is 10.5 Å². The molecule has 1 fully saturated rings. The zero-order valence-corrected chi connectivity index (χ0v) is 11.7. The summed E-state index contributed by atoms with van der Waals surface area (Å²) in [5.41, 5.74) is 6.76. The molecule has 3 N–H and O–H groups in total. The molecule has 0 heterocycles. The second kappa shape index (κ2) is 5.51. The van der Waals surface area contributed by atoms with E-state index < -0.39 is 0 Å². The van der Waals surface area contributed by atoms with Crippen LogP contribution in [0.4, 0.5) is 11.4 Å². The van der Waals surface area contributed by atoms with Crippen LogP contribution in [-0.2, 0) is 4.79 Å². The number of carbonyl (C=O) groups is 1. The zero-order chi connectivity index (χ0) is 13.9. The van der Waals surface area contributed by atoms with E-state index in [1.54, 1.807) is 25.3 Å². The summed E-state index contributed by atoms with van der Waals surface area (Å²) in [7, 11) is 1.58. The van der Waals surface area contributed by atoms with E-state index in [-0.39, 0.29) is 11.3 Å². The lowest BCUT2D eigenvalue weighted by Gasteiger charge is -2.32. The fourth-order valence-electron chi connectivity index (χ4n) is 2.64. The molecule has 104 valence electrons. The molecule has 1 aromatic rings. The largest absolute Gasteiger partial charge is 0.494 e. The summed E-state index contributed by atoms with van der Waals surface area (Å²) in [6.07, 6.45) is 5.39. The van der Waals surface area contributed by atoms with E-state index in [2.05, 4.69) is 5.32 Å². The number of nitrogens with one attached hydrogen (secondary N) is 1. The van der Waals surface area contributed by atoms with Gasteiger partial charge in [0.25, 0.3) is 0 Å². The number of hydrogen-bond acceptors (Lipinski definition) is 3. The monoisotopic (exact) mass is 262 g/mol. The number of nitrogen functional groups attached to an aromatic ring is 1. The molecule has 2 rings (SSSR count). The Morgan fingerprint density at radius 2 is 2.00 bits per heavy atom. The fourth-order valence-corrected chi connectivity index (χ4v) is 2.64. The molecule has 0 radical (unpaired) electrons. The molecule has 4 nitrogen and oxygen atoms in total. The van der Waals surface area contributed by atoms with Crippen LogP contribution in [0.2, 0.25) is 0 Å². The van der Waals surface area contributed by atoms with Gasteiger partial charge in [0, 0.05) is 17.2 Å². The molecule has 0 atom stereocenters. The number of benzene rings is 1. The third-order valence-electron chi connectivity index (χ3n) is 3.98. The van der Waals surface area contributed by atoms with Crippen molar-refractivity contribution < 1.29 is 9.53 Å². The first-order valence-corrected chi connectivity index (χ1v) is 6.80. The van der Waals surface area contributed by atoms with Crippen LogP contribution in [-0.4, -0.2) is 13.0 Å². The SMILES string of the molecule is COc1cc(N)ccc1NC(=O)C1(C)CCCCC1. The van der Waals surface area contributed by atoms with Crippen LogP contribution in [0.1, 0.15) is 39.0 Å². The van der Waals surface area contributed by atoms with E-state index in [0.717, 1.165) is 25.7 Å². The minimum absolute atomic E-state index is 0.0790. The first kappa shape index (κ1) is 13.7. The van der Waals surface area contributed by atoms with Gasteiger partial charge in [-0.15, -0.1) is 0 Å². The second-order valence-corrected chi connectivity index (χ2v) is 5.54. The summed E-state index contributed by atoms with van der Waals surface area (Å²) in [6, 6.07) is 5.28. The van der Waals surface area contributed by atoms with E-state index in [0.29, 0.717) is 17.1 Å². The van der Waals surface area contributed by atoms with Crippen LogP contribution in [0.25, 0.3) is 0 Å². The van der Waals surface area contributed by atoms with Gasteiger partial charge in [-0.1, -0.05) is 26.2 Å². The predicted molar refractivity (Wildman–Crippen MR) is 77.2 cm³/mol. The molecule has 4 heteroatoms. The van der Waals surface area contributed by atoms with Gasteiger partial charge in [0.05, 0.1) is 12.8 Å². The number of nitrogens with two attached hydrogens (primary N) is 1. The molecule has 0 aromatic heterocycles. The Labute approximate surface area is 114 Å². The van der Waals surface area contributed by atoms with E-state index in [1.807, 2.05) is 6.92 Å². The fraction of sp³-hybridized carbons (Fsp3) is 0.533. The molecule has 1 aromatic carbocycles. The van der Waals surface area contributed by atoms with Crippen molar-refractivity contribution in [2.75, 3.05) is 18.2 Å². The molecule has 0 aliphatic heterocycles. The smallest absolute Gasteiger partial charge is 0.230 e. The number of methoxy groups -OCH3 is 1. The summed E-state index contributed by atoms with van der Waals surface area (Å²) in [5, 5.41) is 2.98. The molecule has 0 saturated heterocycles. The molecular weight excluding hydrogens is 240 g/mol. The molecular formula is C15H22N2O2. The van der Waals surface area contributed by atoms with Crippen LogP contribution < -0.4 is 15.8 Å². The first-order chi connectivity index (χ1) is 9.05. The standard InChI is InChI=1S/C15H22N2O2/c1-15(8-4-3-5-9-15)14(18)17-12-7-6-11(16)10-13(12)19-2/h6-7,10H,3-5,8-9,16H2,1-2H3,(H,17,18). The zero-order valence-electron chi connectivity index (χ0n) is 11.7. The van der Waals surface area contributed by atoms with Gasteiger partial charge in [0.2, 0.25) is 5.91 Å². The highest BCUT2D eigenvalue weighted by molar-refractivity contribution is 5.96.